The predicted molar refractivity (Wildman–Crippen MR) is 58.0 cm³/mol. The third kappa shape index (κ3) is 2.14. The van der Waals surface area contributed by atoms with Crippen LogP contribution in [-0.4, -0.2) is 26.8 Å². The zero-order valence-corrected chi connectivity index (χ0v) is 9.16. The molecule has 0 aliphatic rings. The molecule has 6 heteroatoms. The fourth-order valence-electron chi connectivity index (χ4n) is 1.65. The van der Waals surface area contributed by atoms with Gasteiger partial charge in [0.05, 0.1) is 18.3 Å². The molecule has 0 unspecified atom stereocenters. The van der Waals surface area contributed by atoms with Gasteiger partial charge in [0, 0.05) is 18.5 Å². The summed E-state index contributed by atoms with van der Waals surface area (Å²) in [4.78, 5) is 8.15. The Kier molecular flexibility index (Phi) is 3.33. The van der Waals surface area contributed by atoms with Crippen molar-refractivity contribution in [3.63, 3.8) is 0 Å². The number of nitrogens with zero attached hydrogens (tertiary/aromatic N) is 3. The zero-order valence-electron chi connectivity index (χ0n) is 8.41. The number of hydrogen-bond acceptors (Lipinski definition) is 2. The average molecular weight is 246 g/mol. The number of aryl methyl sites for hydroxylation is 1. The fraction of sp³-hybridized carbons (Fsp3) is 0.400. The van der Waals surface area contributed by atoms with Crippen molar-refractivity contribution in [1.29, 1.82) is 0 Å². The molecule has 0 amide bonds. The highest BCUT2D eigenvalue weighted by molar-refractivity contribution is 6.17. The summed E-state index contributed by atoms with van der Waals surface area (Å²) in [5.41, 5.74) is 1.30. The summed E-state index contributed by atoms with van der Waals surface area (Å²) in [6, 6.07) is 1.68. The summed E-state index contributed by atoms with van der Waals surface area (Å²) in [7, 11) is 0. The fourth-order valence-corrected chi connectivity index (χ4v) is 1.82. The van der Waals surface area contributed by atoms with Gasteiger partial charge in [-0.05, 0) is 6.07 Å². The largest absolute Gasteiger partial charge is 0.322 e. The maximum Gasteiger partial charge on any atom is 0.256 e. The maximum absolute atomic E-state index is 12.4. The van der Waals surface area contributed by atoms with Crippen molar-refractivity contribution in [2.24, 2.45) is 0 Å². The molecular weight excluding hydrogens is 236 g/mol. The first-order valence-electron chi connectivity index (χ1n) is 4.85. The number of pyridine rings is 1. The summed E-state index contributed by atoms with van der Waals surface area (Å²) in [6.07, 6.45) is 1.20. The van der Waals surface area contributed by atoms with Gasteiger partial charge in [-0.25, -0.2) is 13.8 Å². The van der Waals surface area contributed by atoms with Crippen molar-refractivity contribution in [3.8, 4) is 0 Å². The van der Waals surface area contributed by atoms with Crippen molar-refractivity contribution in [1.82, 2.24) is 14.5 Å². The van der Waals surface area contributed by atoms with Crippen LogP contribution in [-0.2, 0) is 13.0 Å². The van der Waals surface area contributed by atoms with Gasteiger partial charge in [0.1, 0.15) is 11.3 Å². The van der Waals surface area contributed by atoms with E-state index in [1.165, 1.54) is 4.57 Å². The quantitative estimate of drug-likeness (QED) is 0.775. The van der Waals surface area contributed by atoms with Crippen molar-refractivity contribution in [3.05, 3.63) is 24.3 Å². The van der Waals surface area contributed by atoms with E-state index >= 15 is 0 Å². The van der Waals surface area contributed by atoms with Crippen LogP contribution < -0.4 is 0 Å². The van der Waals surface area contributed by atoms with E-state index in [0.717, 1.165) is 0 Å². The minimum atomic E-state index is -2.40. The van der Waals surface area contributed by atoms with Gasteiger partial charge in [0.25, 0.3) is 6.43 Å². The molecule has 2 aromatic heterocycles. The summed E-state index contributed by atoms with van der Waals surface area (Å²) >= 11 is 5.62. The van der Waals surface area contributed by atoms with Crippen LogP contribution in [0.2, 0.25) is 0 Å². The lowest BCUT2D eigenvalue weighted by Crippen LogP contribution is -2.10. The molecule has 0 spiro atoms. The lowest BCUT2D eigenvalue weighted by molar-refractivity contribution is 0.127. The molecule has 2 aromatic rings. The number of imidazole rings is 1. The van der Waals surface area contributed by atoms with Gasteiger partial charge < -0.3 is 4.57 Å². The van der Waals surface area contributed by atoms with Gasteiger partial charge >= 0.3 is 0 Å². The molecular formula is C10H10ClF2N3. The van der Waals surface area contributed by atoms with Crippen molar-refractivity contribution < 1.29 is 8.78 Å². The van der Waals surface area contributed by atoms with Gasteiger partial charge in [-0.2, -0.15) is 0 Å². The van der Waals surface area contributed by atoms with E-state index in [2.05, 4.69) is 9.97 Å². The molecule has 0 atom stereocenters. The van der Waals surface area contributed by atoms with Crippen LogP contribution in [0.3, 0.4) is 0 Å². The first kappa shape index (κ1) is 11.3. The van der Waals surface area contributed by atoms with Crippen molar-refractivity contribution in [2.75, 3.05) is 5.88 Å². The van der Waals surface area contributed by atoms with Crippen LogP contribution in [0, 0.1) is 0 Å². The van der Waals surface area contributed by atoms with Gasteiger partial charge in [-0.1, -0.05) is 0 Å². The minimum absolute atomic E-state index is 0.354. The van der Waals surface area contributed by atoms with Crippen molar-refractivity contribution >= 4 is 22.6 Å². The van der Waals surface area contributed by atoms with E-state index in [0.29, 0.717) is 29.2 Å². The standard InChI is InChI=1S/C10H10ClF2N3/c11-3-1-10-15-7-5-14-4-2-8(7)16(10)6-9(12)13/h2,4-5,9H,1,3,6H2. The zero-order chi connectivity index (χ0) is 11.5. The molecule has 0 saturated heterocycles. The molecule has 0 bridgehead atoms. The molecule has 0 saturated carbocycles. The second kappa shape index (κ2) is 4.74. The number of alkyl halides is 3. The summed E-state index contributed by atoms with van der Waals surface area (Å²) in [5, 5.41) is 0. The Bertz CT molecular complexity index is 484. The monoisotopic (exact) mass is 245 g/mol. The van der Waals surface area contributed by atoms with Crippen LogP contribution in [0.4, 0.5) is 8.78 Å². The lowest BCUT2D eigenvalue weighted by Gasteiger charge is -2.06. The van der Waals surface area contributed by atoms with E-state index in [9.17, 15) is 8.78 Å². The molecule has 0 N–H and O–H groups in total. The van der Waals surface area contributed by atoms with E-state index in [1.807, 2.05) is 0 Å². The Morgan fingerprint density at radius 1 is 1.44 bits per heavy atom. The van der Waals surface area contributed by atoms with E-state index < -0.39 is 6.43 Å². The van der Waals surface area contributed by atoms with Crippen LogP contribution in [0.25, 0.3) is 11.0 Å². The molecule has 0 aliphatic carbocycles. The minimum Gasteiger partial charge on any atom is -0.322 e. The van der Waals surface area contributed by atoms with Crippen LogP contribution in [0.1, 0.15) is 5.82 Å². The molecule has 2 heterocycles. The highest BCUT2D eigenvalue weighted by atomic mass is 35.5. The molecule has 86 valence electrons. The Labute approximate surface area is 96.1 Å². The average Bonchev–Trinajstić information content (AvgIpc) is 2.57. The number of fused-ring (bicyclic) bond motifs is 1. The topological polar surface area (TPSA) is 30.7 Å². The summed E-state index contributed by atoms with van der Waals surface area (Å²) in [5.74, 6) is 0.943. The van der Waals surface area contributed by atoms with Gasteiger partial charge in [0.2, 0.25) is 0 Å². The Morgan fingerprint density at radius 2 is 2.25 bits per heavy atom. The summed E-state index contributed by atoms with van der Waals surface area (Å²) in [6.45, 7) is -0.354. The molecule has 0 aromatic carbocycles. The third-order valence-electron chi connectivity index (χ3n) is 2.27. The lowest BCUT2D eigenvalue weighted by atomic mass is 10.4. The molecule has 16 heavy (non-hydrogen) atoms. The van der Waals surface area contributed by atoms with Crippen LogP contribution in [0.15, 0.2) is 18.5 Å². The predicted octanol–water partition coefficient (Wildman–Crippen LogP) is 2.48. The summed E-state index contributed by atoms with van der Waals surface area (Å²) < 4.78 is 26.4. The number of aromatic nitrogens is 3. The normalized spacial score (nSPS) is 11.5. The second-order valence-electron chi connectivity index (χ2n) is 3.33. The molecule has 2 rings (SSSR count). The second-order valence-corrected chi connectivity index (χ2v) is 3.71. The number of hydrogen-bond donors (Lipinski definition) is 0. The smallest absolute Gasteiger partial charge is 0.256 e. The van der Waals surface area contributed by atoms with E-state index in [4.69, 9.17) is 11.6 Å². The highest BCUT2D eigenvalue weighted by Crippen LogP contribution is 2.17. The SMILES string of the molecule is FC(F)Cn1c(CCCl)nc2cnccc21. The molecule has 0 aliphatic heterocycles. The maximum atomic E-state index is 12.4. The van der Waals surface area contributed by atoms with Gasteiger partial charge in [0.15, 0.2) is 0 Å². The Balaban J connectivity index is 2.50. The number of halogens is 3. The third-order valence-corrected chi connectivity index (χ3v) is 2.46. The Hall–Kier alpha value is -1.23. The van der Waals surface area contributed by atoms with E-state index in [-0.39, 0.29) is 6.54 Å². The van der Waals surface area contributed by atoms with E-state index in [1.54, 1.807) is 18.5 Å². The van der Waals surface area contributed by atoms with Crippen LogP contribution in [0.5, 0.6) is 0 Å². The first-order valence-corrected chi connectivity index (χ1v) is 5.39. The van der Waals surface area contributed by atoms with Gasteiger partial charge in [-0.3, -0.25) is 4.98 Å². The van der Waals surface area contributed by atoms with Crippen molar-refractivity contribution in [2.45, 2.75) is 19.4 Å². The number of rotatable bonds is 4. The highest BCUT2D eigenvalue weighted by Gasteiger charge is 2.13. The van der Waals surface area contributed by atoms with Crippen LogP contribution >= 0.6 is 11.6 Å². The van der Waals surface area contributed by atoms with Gasteiger partial charge in [-0.15, -0.1) is 11.6 Å². The first-order chi connectivity index (χ1) is 7.72. The molecule has 0 radical (unpaired) electrons. The Morgan fingerprint density at radius 3 is 2.94 bits per heavy atom. The molecule has 0 fully saturated rings. The molecule has 3 nitrogen and oxygen atoms in total.